The average molecular weight is 306 g/mol. The minimum Gasteiger partial charge on any atom is -0.372 e. The first-order valence-electron chi connectivity index (χ1n) is 9.07. The molecule has 2 heteroatoms. The van der Waals surface area contributed by atoms with Gasteiger partial charge in [-0.3, -0.25) is 0 Å². The first-order valence-corrected chi connectivity index (χ1v) is 9.07. The van der Waals surface area contributed by atoms with Gasteiger partial charge in [0.15, 0.2) is 0 Å². The Bertz CT molecular complexity index is 652. The van der Waals surface area contributed by atoms with E-state index in [1.807, 2.05) is 0 Å². The van der Waals surface area contributed by atoms with Gasteiger partial charge in [-0.15, -0.1) is 0 Å². The van der Waals surface area contributed by atoms with Crippen LogP contribution in [0.2, 0.25) is 0 Å². The standard InChI is InChI=1S/C21H26N2/c1-2-11-21(23-14-5-6-15-23)19(9-1)16-18-8-7-10-20(17-18)22-12-3-4-13-22/h1-2,7-11,17H,3-6,12-16H2. The van der Waals surface area contributed by atoms with E-state index in [1.165, 1.54) is 74.4 Å². The lowest BCUT2D eigenvalue weighted by Crippen LogP contribution is -2.19. The molecule has 0 atom stereocenters. The van der Waals surface area contributed by atoms with E-state index in [0.717, 1.165) is 6.42 Å². The molecule has 0 bridgehead atoms. The average Bonchev–Trinajstić information content (AvgIpc) is 3.30. The van der Waals surface area contributed by atoms with Crippen molar-refractivity contribution in [3.8, 4) is 0 Å². The molecular formula is C21H26N2. The van der Waals surface area contributed by atoms with E-state index in [2.05, 4.69) is 58.3 Å². The van der Waals surface area contributed by atoms with Gasteiger partial charge in [-0.1, -0.05) is 30.3 Å². The Hall–Kier alpha value is -1.96. The Morgan fingerprint density at radius 1 is 0.696 bits per heavy atom. The Kier molecular flexibility index (Phi) is 4.23. The summed E-state index contributed by atoms with van der Waals surface area (Å²) in [7, 11) is 0. The third kappa shape index (κ3) is 3.21. The lowest BCUT2D eigenvalue weighted by Gasteiger charge is -2.22. The Morgan fingerprint density at radius 3 is 2.17 bits per heavy atom. The molecule has 2 aliphatic heterocycles. The summed E-state index contributed by atoms with van der Waals surface area (Å²) in [5.41, 5.74) is 5.74. The summed E-state index contributed by atoms with van der Waals surface area (Å²) in [5.74, 6) is 0. The van der Waals surface area contributed by atoms with E-state index in [1.54, 1.807) is 0 Å². The predicted molar refractivity (Wildman–Crippen MR) is 98.6 cm³/mol. The molecule has 2 aromatic carbocycles. The van der Waals surface area contributed by atoms with Crippen molar-refractivity contribution in [2.75, 3.05) is 36.0 Å². The van der Waals surface area contributed by atoms with Gasteiger partial charge in [-0.05, 0) is 61.4 Å². The summed E-state index contributed by atoms with van der Waals surface area (Å²) in [4.78, 5) is 5.08. The van der Waals surface area contributed by atoms with Crippen molar-refractivity contribution in [3.05, 3.63) is 59.7 Å². The molecular weight excluding hydrogens is 280 g/mol. The Labute approximate surface area is 139 Å². The highest BCUT2D eigenvalue weighted by atomic mass is 15.1. The molecule has 2 aromatic rings. The molecule has 2 saturated heterocycles. The van der Waals surface area contributed by atoms with Gasteiger partial charge in [0.05, 0.1) is 0 Å². The summed E-state index contributed by atoms with van der Waals surface area (Å²) >= 11 is 0. The van der Waals surface area contributed by atoms with Crippen LogP contribution in [-0.4, -0.2) is 26.2 Å². The molecule has 0 aliphatic carbocycles. The molecule has 0 spiro atoms. The van der Waals surface area contributed by atoms with Crippen LogP contribution >= 0.6 is 0 Å². The summed E-state index contributed by atoms with van der Waals surface area (Å²) in [6.07, 6.45) is 6.37. The van der Waals surface area contributed by atoms with Gasteiger partial charge in [0.1, 0.15) is 0 Å². The van der Waals surface area contributed by atoms with Gasteiger partial charge in [-0.25, -0.2) is 0 Å². The minimum atomic E-state index is 1.04. The quantitative estimate of drug-likeness (QED) is 0.822. The molecule has 2 fully saturated rings. The van der Waals surface area contributed by atoms with Crippen molar-refractivity contribution in [1.82, 2.24) is 0 Å². The van der Waals surface area contributed by atoms with Crippen molar-refractivity contribution in [1.29, 1.82) is 0 Å². The second-order valence-electron chi connectivity index (χ2n) is 6.86. The van der Waals surface area contributed by atoms with Crippen LogP contribution in [0.5, 0.6) is 0 Å². The molecule has 4 rings (SSSR count). The van der Waals surface area contributed by atoms with E-state index < -0.39 is 0 Å². The minimum absolute atomic E-state index is 1.04. The van der Waals surface area contributed by atoms with Gasteiger partial charge in [0.25, 0.3) is 0 Å². The van der Waals surface area contributed by atoms with Gasteiger partial charge in [-0.2, -0.15) is 0 Å². The predicted octanol–water partition coefficient (Wildman–Crippen LogP) is 4.48. The van der Waals surface area contributed by atoms with Gasteiger partial charge < -0.3 is 9.80 Å². The van der Waals surface area contributed by atoms with Gasteiger partial charge in [0, 0.05) is 37.6 Å². The molecule has 2 heterocycles. The molecule has 23 heavy (non-hydrogen) atoms. The summed E-state index contributed by atoms with van der Waals surface area (Å²) in [6, 6.07) is 18.1. The zero-order valence-corrected chi connectivity index (χ0v) is 13.9. The number of hydrogen-bond donors (Lipinski definition) is 0. The van der Waals surface area contributed by atoms with Gasteiger partial charge >= 0.3 is 0 Å². The van der Waals surface area contributed by atoms with Crippen LogP contribution in [0.1, 0.15) is 36.8 Å². The van der Waals surface area contributed by atoms with Crippen molar-refractivity contribution in [2.24, 2.45) is 0 Å². The fraction of sp³-hybridized carbons (Fsp3) is 0.429. The lowest BCUT2D eigenvalue weighted by atomic mass is 10.0. The maximum atomic E-state index is 2.56. The van der Waals surface area contributed by atoms with E-state index in [4.69, 9.17) is 0 Å². The fourth-order valence-corrected chi connectivity index (χ4v) is 3.99. The van der Waals surface area contributed by atoms with E-state index >= 15 is 0 Å². The molecule has 0 unspecified atom stereocenters. The van der Waals surface area contributed by atoms with E-state index in [0.29, 0.717) is 0 Å². The van der Waals surface area contributed by atoms with Crippen molar-refractivity contribution >= 4 is 11.4 Å². The zero-order chi connectivity index (χ0) is 15.5. The van der Waals surface area contributed by atoms with Crippen LogP contribution in [0.4, 0.5) is 11.4 Å². The molecule has 0 radical (unpaired) electrons. The summed E-state index contributed by atoms with van der Waals surface area (Å²) in [6.45, 7) is 4.86. The van der Waals surface area contributed by atoms with Crippen LogP contribution in [-0.2, 0) is 6.42 Å². The van der Waals surface area contributed by atoms with E-state index in [9.17, 15) is 0 Å². The summed E-state index contributed by atoms with van der Waals surface area (Å²) in [5, 5.41) is 0. The topological polar surface area (TPSA) is 6.48 Å². The largest absolute Gasteiger partial charge is 0.372 e. The Balaban J connectivity index is 1.57. The van der Waals surface area contributed by atoms with Crippen LogP contribution < -0.4 is 9.80 Å². The first kappa shape index (κ1) is 14.6. The van der Waals surface area contributed by atoms with Crippen molar-refractivity contribution in [2.45, 2.75) is 32.1 Å². The van der Waals surface area contributed by atoms with Crippen LogP contribution in [0.15, 0.2) is 48.5 Å². The van der Waals surface area contributed by atoms with Gasteiger partial charge in [0.2, 0.25) is 0 Å². The SMILES string of the molecule is c1cc(Cc2ccccc2N2CCCC2)cc(N2CCCC2)c1. The normalized spacial score (nSPS) is 17.9. The van der Waals surface area contributed by atoms with Crippen molar-refractivity contribution in [3.63, 3.8) is 0 Å². The maximum absolute atomic E-state index is 2.56. The van der Waals surface area contributed by atoms with Crippen LogP contribution in [0.25, 0.3) is 0 Å². The number of anilines is 2. The molecule has 0 N–H and O–H groups in total. The third-order valence-corrected chi connectivity index (χ3v) is 5.21. The fourth-order valence-electron chi connectivity index (χ4n) is 3.99. The van der Waals surface area contributed by atoms with Crippen LogP contribution in [0.3, 0.4) is 0 Å². The molecule has 0 amide bonds. The second kappa shape index (κ2) is 6.66. The highest BCUT2D eigenvalue weighted by Gasteiger charge is 2.16. The highest BCUT2D eigenvalue weighted by Crippen LogP contribution is 2.28. The number of benzene rings is 2. The molecule has 2 aliphatic rings. The van der Waals surface area contributed by atoms with Crippen LogP contribution in [0, 0.1) is 0 Å². The molecule has 2 nitrogen and oxygen atoms in total. The van der Waals surface area contributed by atoms with E-state index in [-0.39, 0.29) is 0 Å². The Morgan fingerprint density at radius 2 is 1.39 bits per heavy atom. The highest BCUT2D eigenvalue weighted by molar-refractivity contribution is 5.57. The van der Waals surface area contributed by atoms with Crippen molar-refractivity contribution < 1.29 is 0 Å². The number of rotatable bonds is 4. The second-order valence-corrected chi connectivity index (χ2v) is 6.86. The maximum Gasteiger partial charge on any atom is 0.0402 e. The smallest absolute Gasteiger partial charge is 0.0402 e. The molecule has 120 valence electrons. The lowest BCUT2D eigenvalue weighted by molar-refractivity contribution is 0.949. The summed E-state index contributed by atoms with van der Waals surface area (Å²) < 4.78 is 0. The number of nitrogens with zero attached hydrogens (tertiary/aromatic N) is 2. The number of hydrogen-bond acceptors (Lipinski definition) is 2. The molecule has 0 aromatic heterocycles. The monoisotopic (exact) mass is 306 g/mol. The first-order chi connectivity index (χ1) is 11.4. The molecule has 0 saturated carbocycles. The third-order valence-electron chi connectivity index (χ3n) is 5.21. The zero-order valence-electron chi connectivity index (χ0n) is 13.9. The number of para-hydroxylation sites is 1.